The largest absolute Gasteiger partial charge is 0.493 e. The van der Waals surface area contributed by atoms with Crippen LogP contribution in [0.2, 0.25) is 0 Å². The van der Waals surface area contributed by atoms with Gasteiger partial charge in [-0.05, 0) is 67.0 Å². The van der Waals surface area contributed by atoms with Crippen LogP contribution in [0.4, 0.5) is 5.69 Å². The number of carbonyl (C=O) groups excluding carboxylic acids is 1. The fourth-order valence-corrected chi connectivity index (χ4v) is 3.16. The number of para-hydroxylation sites is 1. The second-order valence-electron chi connectivity index (χ2n) is 6.78. The molecular weight excluding hydrogens is 380 g/mol. The Hall–Kier alpha value is -3.18. The van der Waals surface area contributed by atoms with Crippen molar-refractivity contribution in [2.24, 2.45) is 0 Å². The van der Waals surface area contributed by atoms with Gasteiger partial charge < -0.3 is 10.1 Å². The van der Waals surface area contributed by atoms with Crippen LogP contribution in [0.25, 0.3) is 0 Å². The van der Waals surface area contributed by atoms with Gasteiger partial charge in [0.05, 0.1) is 6.61 Å². The summed E-state index contributed by atoms with van der Waals surface area (Å²) >= 11 is 5.29. The van der Waals surface area contributed by atoms with E-state index in [1.165, 1.54) is 5.56 Å². The summed E-state index contributed by atoms with van der Waals surface area (Å²) in [5, 5.41) is 6.11. The van der Waals surface area contributed by atoms with Gasteiger partial charge in [-0.1, -0.05) is 48.5 Å². The number of nitrogens with one attached hydrogen (secondary N) is 2. The number of aryl methyl sites for hydroxylation is 2. The van der Waals surface area contributed by atoms with Crippen LogP contribution in [0.5, 0.6) is 5.75 Å². The first kappa shape index (κ1) is 20.6. The highest BCUT2D eigenvalue weighted by atomic mass is 32.1. The second-order valence-corrected chi connectivity index (χ2v) is 7.19. The molecule has 3 aromatic rings. The Balaban J connectivity index is 1.51. The highest BCUT2D eigenvalue weighted by Gasteiger charge is 2.10. The SMILES string of the molecule is Cc1cccc(C)c1NC(=S)NC(=O)c1ccc(OCCc2ccccc2)cc1. The zero-order valence-corrected chi connectivity index (χ0v) is 17.4. The van der Waals surface area contributed by atoms with Gasteiger partial charge >= 0.3 is 0 Å². The average molecular weight is 405 g/mol. The molecule has 5 heteroatoms. The number of hydrogen-bond acceptors (Lipinski definition) is 3. The van der Waals surface area contributed by atoms with Crippen LogP contribution in [0, 0.1) is 13.8 Å². The van der Waals surface area contributed by atoms with E-state index in [-0.39, 0.29) is 11.0 Å². The number of amides is 1. The van der Waals surface area contributed by atoms with Crippen molar-refractivity contribution in [3.63, 3.8) is 0 Å². The third-order valence-electron chi connectivity index (χ3n) is 4.57. The van der Waals surface area contributed by atoms with E-state index in [0.29, 0.717) is 12.2 Å². The number of benzene rings is 3. The molecular formula is C24H24N2O2S. The molecule has 4 nitrogen and oxygen atoms in total. The minimum Gasteiger partial charge on any atom is -0.493 e. The Morgan fingerprint density at radius 1 is 0.897 bits per heavy atom. The molecule has 0 heterocycles. The van der Waals surface area contributed by atoms with Crippen molar-refractivity contribution in [2.45, 2.75) is 20.3 Å². The minimum atomic E-state index is -0.260. The molecule has 0 saturated heterocycles. The summed E-state index contributed by atoms with van der Waals surface area (Å²) in [4.78, 5) is 12.4. The Morgan fingerprint density at radius 3 is 2.21 bits per heavy atom. The molecule has 0 fully saturated rings. The van der Waals surface area contributed by atoms with E-state index < -0.39 is 0 Å². The lowest BCUT2D eigenvalue weighted by Crippen LogP contribution is -2.34. The molecule has 0 aliphatic carbocycles. The molecule has 0 atom stereocenters. The zero-order valence-electron chi connectivity index (χ0n) is 16.6. The van der Waals surface area contributed by atoms with Gasteiger partial charge in [-0.15, -0.1) is 0 Å². The van der Waals surface area contributed by atoms with Crippen molar-refractivity contribution in [2.75, 3.05) is 11.9 Å². The Morgan fingerprint density at radius 2 is 1.55 bits per heavy atom. The lowest BCUT2D eigenvalue weighted by Gasteiger charge is -2.14. The van der Waals surface area contributed by atoms with Gasteiger partial charge in [-0.3, -0.25) is 10.1 Å². The van der Waals surface area contributed by atoms with Gasteiger partial charge in [-0.2, -0.15) is 0 Å². The van der Waals surface area contributed by atoms with Crippen LogP contribution in [0.1, 0.15) is 27.0 Å². The fraction of sp³-hybridized carbons (Fsp3) is 0.167. The van der Waals surface area contributed by atoms with Gasteiger partial charge in [-0.25, -0.2) is 0 Å². The molecule has 0 aliphatic rings. The zero-order chi connectivity index (χ0) is 20.6. The molecule has 0 radical (unpaired) electrons. The van der Waals surface area contributed by atoms with Crippen molar-refractivity contribution in [3.8, 4) is 5.75 Å². The fourth-order valence-electron chi connectivity index (χ4n) is 2.97. The van der Waals surface area contributed by atoms with Gasteiger partial charge in [0.15, 0.2) is 5.11 Å². The van der Waals surface area contributed by atoms with Gasteiger partial charge in [0, 0.05) is 17.7 Å². The second kappa shape index (κ2) is 9.85. The summed E-state index contributed by atoms with van der Waals surface area (Å²) in [6.45, 7) is 4.58. The predicted molar refractivity (Wildman–Crippen MR) is 122 cm³/mol. The maximum atomic E-state index is 12.4. The van der Waals surface area contributed by atoms with Crippen LogP contribution in [-0.2, 0) is 6.42 Å². The number of ether oxygens (including phenoxy) is 1. The number of rotatable bonds is 6. The Bertz CT molecular complexity index is 965. The summed E-state index contributed by atoms with van der Waals surface area (Å²) in [5.41, 5.74) is 4.80. The molecule has 2 N–H and O–H groups in total. The number of thiocarbonyl (C=S) groups is 1. The van der Waals surface area contributed by atoms with Gasteiger partial charge in [0.25, 0.3) is 5.91 Å². The van der Waals surface area contributed by atoms with Gasteiger partial charge in [0.1, 0.15) is 5.75 Å². The van der Waals surface area contributed by atoms with Crippen LogP contribution < -0.4 is 15.4 Å². The molecule has 0 saturated carbocycles. The summed E-state index contributed by atoms with van der Waals surface area (Å²) in [5.74, 6) is 0.471. The molecule has 0 aliphatic heterocycles. The molecule has 29 heavy (non-hydrogen) atoms. The molecule has 3 rings (SSSR count). The maximum absolute atomic E-state index is 12.4. The van der Waals surface area contributed by atoms with E-state index in [2.05, 4.69) is 22.8 Å². The molecule has 0 aromatic heterocycles. The van der Waals surface area contributed by atoms with Crippen LogP contribution in [-0.4, -0.2) is 17.6 Å². The lowest BCUT2D eigenvalue weighted by atomic mass is 10.1. The summed E-state index contributed by atoms with van der Waals surface area (Å²) < 4.78 is 5.76. The molecule has 1 amide bonds. The first-order chi connectivity index (χ1) is 14.0. The number of anilines is 1. The van der Waals surface area contributed by atoms with Gasteiger partial charge in [0.2, 0.25) is 0 Å². The third kappa shape index (κ3) is 5.90. The predicted octanol–water partition coefficient (Wildman–Crippen LogP) is 5.05. The molecule has 0 unspecified atom stereocenters. The Labute approximate surface area is 176 Å². The van der Waals surface area contributed by atoms with Crippen molar-refractivity contribution in [1.29, 1.82) is 0 Å². The monoisotopic (exact) mass is 404 g/mol. The summed E-state index contributed by atoms with van der Waals surface area (Å²) in [7, 11) is 0. The number of hydrogen-bond donors (Lipinski definition) is 2. The first-order valence-electron chi connectivity index (χ1n) is 9.48. The molecule has 0 spiro atoms. The molecule has 148 valence electrons. The highest BCUT2D eigenvalue weighted by Crippen LogP contribution is 2.19. The van der Waals surface area contributed by atoms with E-state index >= 15 is 0 Å². The van der Waals surface area contributed by atoms with Crippen LogP contribution in [0.3, 0.4) is 0 Å². The van der Waals surface area contributed by atoms with Crippen molar-refractivity contribution < 1.29 is 9.53 Å². The maximum Gasteiger partial charge on any atom is 0.257 e. The van der Waals surface area contributed by atoms with E-state index in [4.69, 9.17) is 17.0 Å². The first-order valence-corrected chi connectivity index (χ1v) is 9.89. The normalized spacial score (nSPS) is 10.3. The third-order valence-corrected chi connectivity index (χ3v) is 4.77. The Kier molecular flexibility index (Phi) is 6.98. The minimum absolute atomic E-state index is 0.260. The lowest BCUT2D eigenvalue weighted by molar-refractivity contribution is 0.0977. The van der Waals surface area contributed by atoms with E-state index in [1.807, 2.05) is 50.2 Å². The van der Waals surface area contributed by atoms with E-state index in [0.717, 1.165) is 29.0 Å². The summed E-state index contributed by atoms with van der Waals surface area (Å²) in [6, 6.07) is 23.2. The van der Waals surface area contributed by atoms with Crippen molar-refractivity contribution in [3.05, 3.63) is 95.1 Å². The molecule has 3 aromatic carbocycles. The van der Waals surface area contributed by atoms with Crippen LogP contribution >= 0.6 is 12.2 Å². The number of carbonyl (C=O) groups is 1. The smallest absolute Gasteiger partial charge is 0.257 e. The average Bonchev–Trinajstić information content (AvgIpc) is 2.72. The molecule has 0 bridgehead atoms. The highest BCUT2D eigenvalue weighted by molar-refractivity contribution is 7.80. The van der Waals surface area contributed by atoms with Crippen LogP contribution in [0.15, 0.2) is 72.8 Å². The van der Waals surface area contributed by atoms with E-state index in [9.17, 15) is 4.79 Å². The van der Waals surface area contributed by atoms with Crippen molar-refractivity contribution >= 4 is 28.9 Å². The van der Waals surface area contributed by atoms with Crippen molar-refractivity contribution in [1.82, 2.24) is 5.32 Å². The topological polar surface area (TPSA) is 50.4 Å². The summed E-state index contributed by atoms with van der Waals surface area (Å²) in [6.07, 6.45) is 0.835. The quantitative estimate of drug-likeness (QED) is 0.565. The standard InChI is InChI=1S/C24H24N2O2S/c1-17-7-6-8-18(2)22(17)25-24(29)26-23(27)20-11-13-21(14-12-20)28-16-15-19-9-4-3-5-10-19/h3-14H,15-16H2,1-2H3,(H2,25,26,27,29). The van der Waals surface area contributed by atoms with E-state index in [1.54, 1.807) is 24.3 Å².